The van der Waals surface area contributed by atoms with Crippen molar-refractivity contribution in [2.45, 2.75) is 30.7 Å². The van der Waals surface area contributed by atoms with Crippen LogP contribution in [0.1, 0.15) is 36.9 Å². The minimum Gasteiger partial charge on any atom is -0.239 e. The molecule has 0 fully saturated rings. The summed E-state index contributed by atoms with van der Waals surface area (Å²) in [4.78, 5) is 4.28. The molecular formula is C13H14FN3S. The fourth-order valence-electron chi connectivity index (χ4n) is 2.30. The molecule has 1 aromatic heterocycles. The number of hydrogen-bond donors (Lipinski definition) is 0. The van der Waals surface area contributed by atoms with Gasteiger partial charge >= 0.3 is 0 Å². The van der Waals surface area contributed by atoms with E-state index in [1.807, 2.05) is 37.3 Å². The van der Waals surface area contributed by atoms with E-state index in [4.69, 9.17) is 0 Å². The van der Waals surface area contributed by atoms with Crippen molar-refractivity contribution in [2.75, 3.05) is 5.75 Å². The largest absolute Gasteiger partial charge is 0.239 e. The lowest BCUT2D eigenvalue weighted by Crippen LogP contribution is -2.07. The van der Waals surface area contributed by atoms with Crippen LogP contribution in [0.5, 0.6) is 0 Å². The van der Waals surface area contributed by atoms with Gasteiger partial charge in [0, 0.05) is 6.42 Å². The number of thioether (sulfide) groups is 1. The summed E-state index contributed by atoms with van der Waals surface area (Å²) in [5, 5.41) is 5.09. The molecule has 0 radical (unpaired) electrons. The first-order valence-corrected chi connectivity index (χ1v) is 7.06. The van der Waals surface area contributed by atoms with Crippen LogP contribution in [0.15, 0.2) is 35.5 Å². The Morgan fingerprint density at radius 3 is 2.89 bits per heavy atom. The molecule has 1 aliphatic rings. The van der Waals surface area contributed by atoms with Gasteiger partial charge in [0.25, 0.3) is 0 Å². The monoisotopic (exact) mass is 263 g/mol. The zero-order valence-corrected chi connectivity index (χ0v) is 10.9. The van der Waals surface area contributed by atoms with E-state index >= 15 is 0 Å². The lowest BCUT2D eigenvalue weighted by Gasteiger charge is -2.11. The maximum atomic E-state index is 14.0. The van der Waals surface area contributed by atoms with Crippen molar-refractivity contribution in [2.24, 2.45) is 0 Å². The second-order valence-electron chi connectivity index (χ2n) is 4.26. The van der Waals surface area contributed by atoms with Gasteiger partial charge in [0.15, 0.2) is 12.0 Å². The maximum absolute atomic E-state index is 14.0. The Bertz CT molecular complexity index is 540. The molecule has 3 rings (SSSR count). The minimum absolute atomic E-state index is 0.0186. The van der Waals surface area contributed by atoms with E-state index in [9.17, 15) is 4.39 Å². The van der Waals surface area contributed by atoms with Gasteiger partial charge in [0.05, 0.1) is 6.04 Å². The summed E-state index contributed by atoms with van der Waals surface area (Å²) in [6.45, 7) is 2.04. The zero-order valence-electron chi connectivity index (χ0n) is 10.1. The Balaban J connectivity index is 1.97. The molecule has 2 heterocycles. The van der Waals surface area contributed by atoms with E-state index in [-0.39, 0.29) is 6.04 Å². The van der Waals surface area contributed by atoms with E-state index in [0.29, 0.717) is 17.4 Å². The molecule has 0 unspecified atom stereocenters. The highest BCUT2D eigenvalue weighted by Crippen LogP contribution is 2.39. The number of fused-ring (bicyclic) bond motifs is 1. The molecule has 94 valence electrons. The lowest BCUT2D eigenvalue weighted by molar-refractivity contribution is 0.327. The van der Waals surface area contributed by atoms with Crippen LogP contribution in [0.2, 0.25) is 0 Å². The molecular weight excluding hydrogens is 249 g/mol. The average molecular weight is 263 g/mol. The van der Waals surface area contributed by atoms with E-state index < -0.39 is 6.17 Å². The first kappa shape index (κ1) is 11.7. The first-order chi connectivity index (χ1) is 8.79. The average Bonchev–Trinajstić information content (AvgIpc) is 2.92. The molecule has 0 amide bonds. The van der Waals surface area contributed by atoms with Crippen LogP contribution in [0.3, 0.4) is 0 Å². The van der Waals surface area contributed by atoms with Gasteiger partial charge in [-0.3, -0.25) is 0 Å². The molecule has 18 heavy (non-hydrogen) atoms. The number of hydrogen-bond acceptors (Lipinski definition) is 3. The molecule has 1 aliphatic heterocycles. The van der Waals surface area contributed by atoms with E-state index in [2.05, 4.69) is 10.1 Å². The Morgan fingerprint density at radius 1 is 1.39 bits per heavy atom. The summed E-state index contributed by atoms with van der Waals surface area (Å²) in [6.07, 6.45) is -0.565. The predicted molar refractivity (Wildman–Crippen MR) is 69.5 cm³/mol. The number of halogens is 1. The van der Waals surface area contributed by atoms with Crippen LogP contribution in [0.4, 0.5) is 4.39 Å². The number of alkyl halides is 1. The fraction of sp³-hybridized carbons (Fsp3) is 0.385. The summed E-state index contributed by atoms with van der Waals surface area (Å²) in [5.74, 6) is 1.37. The van der Waals surface area contributed by atoms with E-state index in [1.54, 1.807) is 16.4 Å². The highest BCUT2D eigenvalue weighted by Gasteiger charge is 2.35. The third-order valence-corrected chi connectivity index (χ3v) is 3.82. The van der Waals surface area contributed by atoms with Crippen LogP contribution in [-0.2, 0) is 0 Å². The highest BCUT2D eigenvalue weighted by molar-refractivity contribution is 7.99. The molecule has 0 aliphatic carbocycles. The van der Waals surface area contributed by atoms with E-state index in [0.717, 1.165) is 11.3 Å². The van der Waals surface area contributed by atoms with Gasteiger partial charge in [-0.05, 0) is 11.3 Å². The van der Waals surface area contributed by atoms with Crippen molar-refractivity contribution in [3.63, 3.8) is 0 Å². The molecule has 0 N–H and O–H groups in total. The number of benzene rings is 1. The van der Waals surface area contributed by atoms with Crippen LogP contribution in [-0.4, -0.2) is 20.5 Å². The highest BCUT2D eigenvalue weighted by atomic mass is 32.2. The summed E-state index contributed by atoms with van der Waals surface area (Å²) in [7, 11) is 0. The van der Waals surface area contributed by atoms with Crippen molar-refractivity contribution in [3.05, 3.63) is 41.7 Å². The second-order valence-corrected chi connectivity index (χ2v) is 5.49. The molecule has 2 atom stereocenters. The van der Waals surface area contributed by atoms with Gasteiger partial charge in [-0.2, -0.15) is 0 Å². The minimum atomic E-state index is -1.01. The van der Waals surface area contributed by atoms with Crippen LogP contribution >= 0.6 is 11.8 Å². The normalized spacial score (nSPS) is 22.1. The van der Waals surface area contributed by atoms with Crippen molar-refractivity contribution < 1.29 is 4.39 Å². The Kier molecular flexibility index (Phi) is 3.07. The van der Waals surface area contributed by atoms with Gasteiger partial charge in [0.1, 0.15) is 0 Å². The van der Waals surface area contributed by atoms with Crippen LogP contribution < -0.4 is 0 Å². The predicted octanol–water partition coefficient (Wildman–Crippen LogP) is 3.39. The maximum Gasteiger partial charge on any atom is 0.208 e. The fourth-order valence-corrected chi connectivity index (χ4v) is 2.86. The zero-order chi connectivity index (χ0) is 12.5. The molecule has 0 saturated carbocycles. The van der Waals surface area contributed by atoms with Gasteiger partial charge in [-0.15, -0.1) is 5.10 Å². The Morgan fingerprint density at radius 2 is 2.17 bits per heavy atom. The van der Waals surface area contributed by atoms with Gasteiger partial charge in [-0.25, -0.2) is 14.1 Å². The van der Waals surface area contributed by atoms with Crippen LogP contribution in [0.25, 0.3) is 0 Å². The van der Waals surface area contributed by atoms with Crippen molar-refractivity contribution in [3.8, 4) is 0 Å². The first-order valence-electron chi connectivity index (χ1n) is 6.08. The third-order valence-electron chi connectivity index (χ3n) is 3.10. The second kappa shape index (κ2) is 4.72. The number of aromatic nitrogens is 3. The summed E-state index contributed by atoms with van der Waals surface area (Å²) >= 11 is 1.55. The van der Waals surface area contributed by atoms with Gasteiger partial charge < -0.3 is 0 Å². The molecule has 5 heteroatoms. The Labute approximate surface area is 109 Å². The molecule has 0 bridgehead atoms. The number of rotatable bonds is 3. The van der Waals surface area contributed by atoms with Crippen molar-refractivity contribution >= 4 is 11.8 Å². The van der Waals surface area contributed by atoms with Gasteiger partial charge in [-0.1, -0.05) is 49.0 Å². The van der Waals surface area contributed by atoms with Crippen molar-refractivity contribution in [1.29, 1.82) is 0 Å². The lowest BCUT2D eigenvalue weighted by atomic mass is 10.0. The smallest absolute Gasteiger partial charge is 0.208 e. The molecule has 3 nitrogen and oxygen atoms in total. The summed E-state index contributed by atoms with van der Waals surface area (Å²) in [5.41, 5.74) is 1.09. The number of nitrogens with zero attached hydrogens (tertiary/aromatic N) is 3. The third kappa shape index (κ3) is 1.92. The van der Waals surface area contributed by atoms with E-state index in [1.165, 1.54) is 0 Å². The quantitative estimate of drug-likeness (QED) is 0.795. The topological polar surface area (TPSA) is 30.7 Å². The molecule has 0 spiro atoms. The van der Waals surface area contributed by atoms with Crippen molar-refractivity contribution in [1.82, 2.24) is 14.8 Å². The van der Waals surface area contributed by atoms with Gasteiger partial charge in [0.2, 0.25) is 5.16 Å². The molecule has 0 saturated heterocycles. The SMILES string of the molecule is CCSc1nc2n(n1)[C@H](c1ccccc1)C[C@@H]2F. The molecule has 2 aromatic rings. The standard InChI is InChI=1S/C13H14FN3S/c1-2-18-13-15-12-10(14)8-11(17(12)16-13)9-6-4-3-5-7-9/h3-7,10-11H,2,8H2,1H3/t10-,11-/m0/s1. The Hall–Kier alpha value is -1.36. The summed E-state index contributed by atoms with van der Waals surface area (Å²) < 4.78 is 15.7. The summed E-state index contributed by atoms with van der Waals surface area (Å²) in [6, 6.07) is 9.92. The molecule has 1 aromatic carbocycles. The van der Waals surface area contributed by atoms with Crippen LogP contribution in [0, 0.1) is 0 Å².